The van der Waals surface area contributed by atoms with Crippen LogP contribution in [0.15, 0.2) is 24.2 Å². The smallest absolute Gasteiger partial charge is 0.111 e. The minimum atomic E-state index is 0.141. The molecule has 1 saturated heterocycles. The molecule has 0 spiro atoms. The third-order valence-electron chi connectivity index (χ3n) is 2.70. The van der Waals surface area contributed by atoms with E-state index in [0.717, 1.165) is 31.9 Å². The minimum absolute atomic E-state index is 0.141. The van der Waals surface area contributed by atoms with Crippen LogP contribution >= 0.6 is 0 Å². The summed E-state index contributed by atoms with van der Waals surface area (Å²) >= 11 is 0. The molecule has 0 saturated carbocycles. The second-order valence-electron chi connectivity index (χ2n) is 4.32. The largest absolute Gasteiger partial charge is 0.369 e. The third kappa shape index (κ3) is 2.71. The molecule has 88 valence electrons. The molecule has 0 aliphatic carbocycles. The van der Waals surface area contributed by atoms with Gasteiger partial charge in [-0.15, -0.1) is 0 Å². The molecule has 1 atom stereocenters. The monoisotopic (exact) mass is 221 g/mol. The number of allylic oxidation sites excluding steroid dienone is 2. The van der Waals surface area contributed by atoms with Crippen molar-refractivity contribution in [3.05, 3.63) is 29.9 Å². The molecule has 1 N–H and O–H groups in total. The van der Waals surface area contributed by atoms with Crippen molar-refractivity contribution in [3.8, 4) is 0 Å². The molecule has 1 aromatic rings. The zero-order valence-electron chi connectivity index (χ0n) is 9.94. The van der Waals surface area contributed by atoms with Gasteiger partial charge in [0, 0.05) is 19.6 Å². The van der Waals surface area contributed by atoms with Gasteiger partial charge in [0.2, 0.25) is 0 Å². The Morgan fingerprint density at radius 1 is 1.69 bits per heavy atom. The lowest BCUT2D eigenvalue weighted by Gasteiger charge is -2.24. The van der Waals surface area contributed by atoms with Gasteiger partial charge < -0.3 is 14.6 Å². The summed E-state index contributed by atoms with van der Waals surface area (Å²) < 4.78 is 7.87. The van der Waals surface area contributed by atoms with E-state index in [-0.39, 0.29) is 6.10 Å². The highest BCUT2D eigenvalue weighted by molar-refractivity contribution is 5.07. The van der Waals surface area contributed by atoms with Crippen LogP contribution in [-0.2, 0) is 11.3 Å². The van der Waals surface area contributed by atoms with E-state index in [1.807, 2.05) is 12.5 Å². The van der Waals surface area contributed by atoms with E-state index in [4.69, 9.17) is 4.74 Å². The van der Waals surface area contributed by atoms with Crippen molar-refractivity contribution in [2.45, 2.75) is 26.5 Å². The summed E-state index contributed by atoms with van der Waals surface area (Å²) in [5, 5.41) is 3.33. The number of ether oxygens (including phenoxy) is 1. The molecule has 0 bridgehead atoms. The maximum absolute atomic E-state index is 5.73. The molecular weight excluding hydrogens is 202 g/mol. The average molecular weight is 221 g/mol. The highest BCUT2D eigenvalue weighted by atomic mass is 16.5. The third-order valence-corrected chi connectivity index (χ3v) is 2.70. The van der Waals surface area contributed by atoms with Crippen LogP contribution in [0.5, 0.6) is 0 Å². The predicted molar refractivity (Wildman–Crippen MR) is 63.2 cm³/mol. The number of nitrogens with one attached hydrogen (secondary N) is 1. The van der Waals surface area contributed by atoms with E-state index < -0.39 is 0 Å². The molecule has 0 aromatic carbocycles. The molecule has 0 radical (unpaired) electrons. The van der Waals surface area contributed by atoms with E-state index in [9.17, 15) is 0 Å². The Morgan fingerprint density at radius 3 is 3.25 bits per heavy atom. The fourth-order valence-electron chi connectivity index (χ4n) is 1.79. The number of nitrogens with zero attached hydrogens (tertiary/aromatic N) is 2. The average Bonchev–Trinajstić information content (AvgIpc) is 2.75. The van der Waals surface area contributed by atoms with Gasteiger partial charge in [-0.05, 0) is 13.8 Å². The SMILES string of the molecule is CC(C)=CCn1cncc1C1CNCCO1. The standard InChI is InChI=1S/C12H19N3O/c1-10(2)3-5-15-9-14-7-11(15)12-8-13-4-6-16-12/h3,7,9,12-13H,4-6,8H2,1-2H3. The van der Waals surface area contributed by atoms with Gasteiger partial charge in [-0.2, -0.15) is 0 Å². The number of hydrogen-bond donors (Lipinski definition) is 1. The molecule has 1 unspecified atom stereocenters. The Labute approximate surface area is 96.3 Å². The molecule has 2 heterocycles. The topological polar surface area (TPSA) is 39.1 Å². The van der Waals surface area contributed by atoms with Crippen molar-refractivity contribution in [1.29, 1.82) is 0 Å². The molecule has 1 aliphatic heterocycles. The summed E-state index contributed by atoms with van der Waals surface area (Å²) in [7, 11) is 0. The zero-order chi connectivity index (χ0) is 11.4. The number of hydrogen-bond acceptors (Lipinski definition) is 3. The van der Waals surface area contributed by atoms with Crippen LogP contribution < -0.4 is 5.32 Å². The van der Waals surface area contributed by atoms with Crippen LogP contribution in [0.25, 0.3) is 0 Å². The summed E-state index contributed by atoms with van der Waals surface area (Å²) in [6.45, 7) is 7.68. The van der Waals surface area contributed by atoms with Crippen LogP contribution in [0.2, 0.25) is 0 Å². The van der Waals surface area contributed by atoms with Gasteiger partial charge >= 0.3 is 0 Å². The van der Waals surface area contributed by atoms with Gasteiger partial charge in [0.1, 0.15) is 6.10 Å². The number of aromatic nitrogens is 2. The maximum atomic E-state index is 5.73. The number of rotatable bonds is 3. The Morgan fingerprint density at radius 2 is 2.56 bits per heavy atom. The van der Waals surface area contributed by atoms with Gasteiger partial charge in [0.25, 0.3) is 0 Å². The summed E-state index contributed by atoms with van der Waals surface area (Å²) in [4.78, 5) is 4.20. The Kier molecular flexibility index (Phi) is 3.74. The van der Waals surface area contributed by atoms with Crippen LogP contribution in [0.4, 0.5) is 0 Å². The highest BCUT2D eigenvalue weighted by Gasteiger charge is 2.18. The van der Waals surface area contributed by atoms with Crippen molar-refractivity contribution < 1.29 is 4.74 Å². The normalized spacial score (nSPS) is 20.8. The van der Waals surface area contributed by atoms with Crippen LogP contribution in [0, 0.1) is 0 Å². The van der Waals surface area contributed by atoms with E-state index in [2.05, 4.69) is 34.8 Å². The van der Waals surface area contributed by atoms with Gasteiger partial charge in [0.05, 0.1) is 24.8 Å². The molecule has 4 nitrogen and oxygen atoms in total. The van der Waals surface area contributed by atoms with Crippen molar-refractivity contribution in [3.63, 3.8) is 0 Å². The molecule has 4 heteroatoms. The molecule has 1 fully saturated rings. The van der Waals surface area contributed by atoms with E-state index in [1.54, 1.807) is 0 Å². The minimum Gasteiger partial charge on any atom is -0.369 e. The van der Waals surface area contributed by atoms with Crippen molar-refractivity contribution in [2.24, 2.45) is 0 Å². The maximum Gasteiger partial charge on any atom is 0.111 e. The first-order chi connectivity index (χ1) is 7.77. The van der Waals surface area contributed by atoms with Crippen LogP contribution in [0.1, 0.15) is 25.6 Å². The summed E-state index contributed by atoms with van der Waals surface area (Å²) in [6.07, 6.45) is 6.10. The number of imidazole rings is 1. The molecule has 16 heavy (non-hydrogen) atoms. The van der Waals surface area contributed by atoms with Gasteiger partial charge in [-0.3, -0.25) is 0 Å². The van der Waals surface area contributed by atoms with Crippen molar-refractivity contribution in [2.75, 3.05) is 19.7 Å². The fourth-order valence-corrected chi connectivity index (χ4v) is 1.79. The lowest BCUT2D eigenvalue weighted by molar-refractivity contribution is 0.0230. The molecule has 1 aromatic heterocycles. The van der Waals surface area contributed by atoms with E-state index in [0.29, 0.717) is 0 Å². The van der Waals surface area contributed by atoms with Gasteiger partial charge in [0.15, 0.2) is 0 Å². The lowest BCUT2D eigenvalue weighted by Crippen LogP contribution is -2.34. The first kappa shape index (κ1) is 11.4. The highest BCUT2D eigenvalue weighted by Crippen LogP contribution is 2.18. The summed E-state index contributed by atoms with van der Waals surface area (Å²) in [5.41, 5.74) is 2.48. The quantitative estimate of drug-likeness (QED) is 0.786. The Balaban J connectivity index is 2.08. The first-order valence-corrected chi connectivity index (χ1v) is 5.73. The summed E-state index contributed by atoms with van der Waals surface area (Å²) in [5.74, 6) is 0. The van der Waals surface area contributed by atoms with E-state index >= 15 is 0 Å². The number of morpholine rings is 1. The Hall–Kier alpha value is -1.13. The summed E-state index contributed by atoms with van der Waals surface area (Å²) in [6, 6.07) is 0. The molecule has 1 aliphatic rings. The van der Waals surface area contributed by atoms with Gasteiger partial charge in [-0.25, -0.2) is 4.98 Å². The molecular formula is C12H19N3O. The second-order valence-corrected chi connectivity index (χ2v) is 4.32. The lowest BCUT2D eigenvalue weighted by atomic mass is 10.2. The van der Waals surface area contributed by atoms with Crippen molar-refractivity contribution >= 4 is 0 Å². The predicted octanol–water partition coefficient (Wildman–Crippen LogP) is 1.51. The first-order valence-electron chi connectivity index (χ1n) is 5.73. The molecule has 2 rings (SSSR count). The zero-order valence-corrected chi connectivity index (χ0v) is 9.94. The van der Waals surface area contributed by atoms with Crippen molar-refractivity contribution in [1.82, 2.24) is 14.9 Å². The van der Waals surface area contributed by atoms with Gasteiger partial charge in [-0.1, -0.05) is 11.6 Å². The second kappa shape index (κ2) is 5.27. The fraction of sp³-hybridized carbons (Fsp3) is 0.583. The van der Waals surface area contributed by atoms with Crippen LogP contribution in [0.3, 0.4) is 0 Å². The van der Waals surface area contributed by atoms with E-state index in [1.165, 1.54) is 5.57 Å². The Bertz CT molecular complexity index is 360. The van der Waals surface area contributed by atoms with Crippen LogP contribution in [-0.4, -0.2) is 29.2 Å². The molecule has 0 amide bonds.